The summed E-state index contributed by atoms with van der Waals surface area (Å²) in [6, 6.07) is 7.80. The fourth-order valence-electron chi connectivity index (χ4n) is 2.52. The van der Waals surface area contributed by atoms with Crippen molar-refractivity contribution in [3.8, 4) is 0 Å². The van der Waals surface area contributed by atoms with Crippen LogP contribution in [-0.4, -0.2) is 15.1 Å². The van der Waals surface area contributed by atoms with Gasteiger partial charge in [0, 0.05) is 28.5 Å². The summed E-state index contributed by atoms with van der Waals surface area (Å²) in [5.74, 6) is 0.0647. The minimum atomic E-state index is -0.575. The summed E-state index contributed by atoms with van der Waals surface area (Å²) >= 11 is 3.35. The van der Waals surface area contributed by atoms with Gasteiger partial charge in [-0.15, -0.1) is 0 Å². The van der Waals surface area contributed by atoms with Crippen LogP contribution < -0.4 is 0 Å². The van der Waals surface area contributed by atoms with Gasteiger partial charge in [0.15, 0.2) is 0 Å². The van der Waals surface area contributed by atoms with Crippen LogP contribution in [0.4, 0.5) is 0 Å². The molecule has 0 aliphatic heterocycles. The predicted octanol–water partition coefficient (Wildman–Crippen LogP) is 3.00. The van der Waals surface area contributed by atoms with Crippen LogP contribution in [0, 0.1) is 0 Å². The molecule has 0 fully saturated rings. The van der Waals surface area contributed by atoms with E-state index in [2.05, 4.69) is 32.0 Å². The van der Waals surface area contributed by atoms with Crippen LogP contribution in [-0.2, 0) is 6.42 Å². The molecule has 2 heterocycles. The second-order valence-corrected chi connectivity index (χ2v) is 5.45. The zero-order valence-corrected chi connectivity index (χ0v) is 11.3. The largest absolute Gasteiger partial charge is 0.386 e. The van der Waals surface area contributed by atoms with Crippen molar-refractivity contribution in [2.45, 2.75) is 24.9 Å². The molecule has 1 aliphatic rings. The highest BCUT2D eigenvalue weighted by Crippen LogP contribution is 2.39. The average molecular weight is 305 g/mol. The van der Waals surface area contributed by atoms with E-state index in [9.17, 15) is 5.11 Å². The van der Waals surface area contributed by atoms with Crippen molar-refractivity contribution < 1.29 is 5.11 Å². The van der Waals surface area contributed by atoms with E-state index in [0.29, 0.717) is 5.69 Å². The van der Waals surface area contributed by atoms with Crippen molar-refractivity contribution in [1.29, 1.82) is 0 Å². The van der Waals surface area contributed by atoms with Crippen molar-refractivity contribution in [2.24, 2.45) is 0 Å². The van der Waals surface area contributed by atoms with Crippen molar-refractivity contribution in [2.75, 3.05) is 0 Å². The lowest BCUT2D eigenvalue weighted by molar-refractivity contribution is 0.139. The van der Waals surface area contributed by atoms with Gasteiger partial charge < -0.3 is 5.11 Å². The molecule has 92 valence electrons. The molecule has 0 bridgehead atoms. The number of hydrogen-bond acceptors (Lipinski definition) is 3. The Bertz CT molecular complexity index is 556. The predicted molar refractivity (Wildman–Crippen MR) is 72.2 cm³/mol. The first kappa shape index (κ1) is 11.8. The summed E-state index contributed by atoms with van der Waals surface area (Å²) in [4.78, 5) is 8.68. The second kappa shape index (κ2) is 4.78. The van der Waals surface area contributed by atoms with Gasteiger partial charge in [0.05, 0.1) is 5.69 Å². The Kier molecular flexibility index (Phi) is 3.14. The number of halogens is 1. The van der Waals surface area contributed by atoms with Gasteiger partial charge in [0.2, 0.25) is 0 Å². The maximum atomic E-state index is 10.4. The highest BCUT2D eigenvalue weighted by atomic mass is 79.9. The number of pyridine rings is 2. The van der Waals surface area contributed by atoms with Gasteiger partial charge in [0.25, 0.3) is 0 Å². The maximum Gasteiger partial charge on any atom is 0.104 e. The van der Waals surface area contributed by atoms with Gasteiger partial charge in [-0.25, -0.2) is 0 Å². The molecular formula is C14H13BrN2O. The number of aromatic nitrogens is 2. The Morgan fingerprint density at radius 1 is 1.28 bits per heavy atom. The van der Waals surface area contributed by atoms with E-state index >= 15 is 0 Å². The van der Waals surface area contributed by atoms with Crippen LogP contribution >= 0.6 is 15.9 Å². The van der Waals surface area contributed by atoms with Crippen molar-refractivity contribution >= 4 is 15.9 Å². The molecule has 3 nitrogen and oxygen atoms in total. The molecule has 3 rings (SSSR count). The number of rotatable bonds is 2. The fraction of sp³-hybridized carbons (Fsp3) is 0.286. The molecule has 0 saturated carbocycles. The highest BCUT2D eigenvalue weighted by Gasteiger charge is 2.31. The van der Waals surface area contributed by atoms with E-state index in [1.165, 1.54) is 5.56 Å². The number of hydrogen-bond donors (Lipinski definition) is 1. The summed E-state index contributed by atoms with van der Waals surface area (Å²) < 4.78 is 0.920. The minimum Gasteiger partial charge on any atom is -0.386 e. The Balaban J connectivity index is 1.90. The van der Waals surface area contributed by atoms with Gasteiger partial charge in [-0.1, -0.05) is 6.07 Å². The molecule has 4 heteroatoms. The minimum absolute atomic E-state index is 0.0647. The molecule has 0 aromatic carbocycles. The van der Waals surface area contributed by atoms with Crippen LogP contribution in [0.1, 0.15) is 35.4 Å². The molecule has 0 radical (unpaired) electrons. The third-order valence-corrected chi connectivity index (χ3v) is 3.91. The quantitative estimate of drug-likeness (QED) is 0.928. The van der Waals surface area contributed by atoms with E-state index in [-0.39, 0.29) is 5.92 Å². The van der Waals surface area contributed by atoms with E-state index in [1.807, 2.05) is 18.2 Å². The molecule has 1 N–H and O–H groups in total. The molecular weight excluding hydrogens is 292 g/mol. The number of aliphatic hydroxyl groups is 1. The van der Waals surface area contributed by atoms with E-state index in [4.69, 9.17) is 0 Å². The summed E-state index contributed by atoms with van der Waals surface area (Å²) in [7, 11) is 0. The monoisotopic (exact) mass is 304 g/mol. The van der Waals surface area contributed by atoms with E-state index in [0.717, 1.165) is 23.0 Å². The molecule has 0 saturated heterocycles. The van der Waals surface area contributed by atoms with Gasteiger partial charge in [-0.3, -0.25) is 9.97 Å². The molecule has 2 unspecified atom stereocenters. The molecule has 0 spiro atoms. The lowest BCUT2D eigenvalue weighted by atomic mass is 9.96. The van der Waals surface area contributed by atoms with Crippen LogP contribution in [0.3, 0.4) is 0 Å². The van der Waals surface area contributed by atoms with Crippen molar-refractivity contribution in [3.63, 3.8) is 0 Å². The van der Waals surface area contributed by atoms with Crippen LogP contribution in [0.25, 0.3) is 0 Å². The lowest BCUT2D eigenvalue weighted by Crippen LogP contribution is -2.10. The molecule has 2 atom stereocenters. The summed E-state index contributed by atoms with van der Waals surface area (Å²) in [6.45, 7) is 0. The number of aryl methyl sites for hydroxylation is 1. The Labute approximate surface area is 114 Å². The first-order valence-electron chi connectivity index (χ1n) is 5.99. The van der Waals surface area contributed by atoms with Crippen molar-refractivity contribution in [3.05, 3.63) is 58.1 Å². The zero-order valence-electron chi connectivity index (χ0n) is 9.75. The van der Waals surface area contributed by atoms with Crippen LogP contribution in [0.2, 0.25) is 0 Å². The van der Waals surface area contributed by atoms with Gasteiger partial charge in [0.1, 0.15) is 6.10 Å². The summed E-state index contributed by atoms with van der Waals surface area (Å²) in [5, 5.41) is 10.4. The van der Waals surface area contributed by atoms with E-state index < -0.39 is 6.10 Å². The first-order chi connectivity index (χ1) is 8.75. The molecule has 0 amide bonds. The third-order valence-electron chi connectivity index (χ3n) is 3.44. The normalized spacial score (nSPS) is 19.6. The zero-order chi connectivity index (χ0) is 12.5. The summed E-state index contributed by atoms with van der Waals surface area (Å²) in [5.41, 5.74) is 2.98. The van der Waals surface area contributed by atoms with Gasteiger partial charge in [-0.05, 0) is 52.5 Å². The smallest absolute Gasteiger partial charge is 0.104 e. The molecule has 2 aromatic heterocycles. The Hall–Kier alpha value is -1.26. The number of aliphatic hydroxyl groups excluding tert-OH is 1. The Morgan fingerprint density at radius 3 is 2.94 bits per heavy atom. The molecule has 2 aromatic rings. The second-order valence-electron chi connectivity index (χ2n) is 4.54. The maximum absolute atomic E-state index is 10.4. The third kappa shape index (κ3) is 2.06. The molecule has 1 aliphatic carbocycles. The molecule has 18 heavy (non-hydrogen) atoms. The van der Waals surface area contributed by atoms with Gasteiger partial charge >= 0.3 is 0 Å². The van der Waals surface area contributed by atoms with E-state index in [1.54, 1.807) is 12.4 Å². The van der Waals surface area contributed by atoms with Crippen LogP contribution in [0.5, 0.6) is 0 Å². The highest BCUT2D eigenvalue weighted by molar-refractivity contribution is 9.10. The summed E-state index contributed by atoms with van der Waals surface area (Å²) in [6.07, 6.45) is 4.85. The van der Waals surface area contributed by atoms with Gasteiger partial charge in [-0.2, -0.15) is 0 Å². The van der Waals surface area contributed by atoms with Crippen LogP contribution in [0.15, 0.2) is 41.1 Å². The number of fused-ring (bicyclic) bond motifs is 1. The lowest BCUT2D eigenvalue weighted by Gasteiger charge is -2.17. The SMILES string of the molecule is OC(c1ccc(Br)cn1)C1CCc2cccnc21. The Morgan fingerprint density at radius 2 is 2.17 bits per heavy atom. The van der Waals surface area contributed by atoms with Crippen molar-refractivity contribution in [1.82, 2.24) is 9.97 Å². The fourth-order valence-corrected chi connectivity index (χ4v) is 2.75. The topological polar surface area (TPSA) is 46.0 Å². The number of nitrogens with zero attached hydrogens (tertiary/aromatic N) is 2. The first-order valence-corrected chi connectivity index (χ1v) is 6.78. The standard InChI is InChI=1S/C14H13BrN2O/c15-10-4-6-12(17-8-10)14(18)11-5-3-9-2-1-7-16-13(9)11/h1-2,4,6-8,11,14,18H,3,5H2. The average Bonchev–Trinajstić information content (AvgIpc) is 2.82.